The van der Waals surface area contributed by atoms with Crippen molar-refractivity contribution < 1.29 is 33.6 Å². The van der Waals surface area contributed by atoms with Crippen LogP contribution in [-0.2, 0) is 19.4 Å². The summed E-state index contributed by atoms with van der Waals surface area (Å²) in [5.41, 5.74) is 3.00. The van der Waals surface area contributed by atoms with E-state index in [1.165, 1.54) is 23.1 Å². The van der Waals surface area contributed by atoms with Crippen molar-refractivity contribution in [1.29, 1.82) is 0 Å². The van der Waals surface area contributed by atoms with Crippen LogP contribution < -0.4 is 24.0 Å². The number of benzene rings is 3. The Balaban J connectivity index is 0.00000256. The van der Waals surface area contributed by atoms with Crippen LogP contribution in [0.3, 0.4) is 0 Å². The minimum atomic E-state index is -0.775. The third-order valence-corrected chi connectivity index (χ3v) is 6.61. The highest BCUT2D eigenvalue weighted by Crippen LogP contribution is 2.38. The minimum Gasteiger partial charge on any atom is -1.00 e. The normalized spacial score (nSPS) is 21.2. The van der Waals surface area contributed by atoms with Gasteiger partial charge in [0.1, 0.15) is 18.2 Å². The first-order valence-electron chi connectivity index (χ1n) is 10.8. The highest BCUT2D eigenvalue weighted by atomic mass is 127. The molecule has 4 rings (SSSR count). The maximum absolute atomic E-state index is 12.2. The summed E-state index contributed by atoms with van der Waals surface area (Å²) in [6.45, 7) is 2.09. The first-order valence-corrected chi connectivity index (χ1v) is 10.8. The van der Waals surface area contributed by atoms with Crippen LogP contribution in [0.5, 0.6) is 0 Å². The van der Waals surface area contributed by atoms with Gasteiger partial charge in [-0.25, -0.2) is 0 Å². The van der Waals surface area contributed by atoms with E-state index in [1.54, 1.807) is 0 Å². The molecule has 2 unspecified atom stereocenters. The summed E-state index contributed by atoms with van der Waals surface area (Å²) in [6.07, 6.45) is 3.62. The van der Waals surface area contributed by atoms with Crippen LogP contribution >= 0.6 is 0 Å². The van der Waals surface area contributed by atoms with E-state index in [9.17, 15) is 5.11 Å². The molecule has 2 nitrogen and oxygen atoms in total. The third-order valence-electron chi connectivity index (χ3n) is 6.61. The van der Waals surface area contributed by atoms with Gasteiger partial charge >= 0.3 is 0 Å². The largest absolute Gasteiger partial charge is 1.00 e. The van der Waals surface area contributed by atoms with Gasteiger partial charge < -0.3 is 33.6 Å². The molecule has 0 aliphatic carbocycles. The summed E-state index contributed by atoms with van der Waals surface area (Å²) in [7, 11) is 2.34. The molecule has 2 atom stereocenters. The van der Waals surface area contributed by atoms with Crippen molar-refractivity contribution in [2.45, 2.75) is 43.9 Å². The van der Waals surface area contributed by atoms with Gasteiger partial charge in [0.25, 0.3) is 0 Å². The molecule has 0 amide bonds. The molecule has 1 aliphatic rings. The summed E-state index contributed by atoms with van der Waals surface area (Å²) in [5.74, 6) is 0. The molecule has 1 heterocycles. The lowest BCUT2D eigenvalue weighted by Gasteiger charge is -2.45. The Morgan fingerprint density at radius 3 is 1.67 bits per heavy atom. The zero-order valence-corrected chi connectivity index (χ0v) is 19.9. The number of quaternary nitrogens is 1. The lowest BCUT2D eigenvalue weighted by molar-refractivity contribution is -0.940. The molecule has 3 aromatic rings. The SMILES string of the molecule is C[N+]1(Cc2ccccc2)CCCC1C(O)(Cc1ccccc1)Cc1ccccc1.[I-]. The van der Waals surface area contributed by atoms with Gasteiger partial charge in [-0.1, -0.05) is 91.0 Å². The molecule has 1 fully saturated rings. The molecule has 1 saturated heterocycles. The van der Waals surface area contributed by atoms with E-state index in [2.05, 4.69) is 85.9 Å². The first-order chi connectivity index (χ1) is 14.1. The van der Waals surface area contributed by atoms with Crippen molar-refractivity contribution in [1.82, 2.24) is 0 Å². The minimum absolute atomic E-state index is 0. The van der Waals surface area contributed by atoms with Gasteiger partial charge in [-0.3, -0.25) is 0 Å². The van der Waals surface area contributed by atoms with Crippen molar-refractivity contribution in [2.24, 2.45) is 0 Å². The Morgan fingerprint density at radius 2 is 1.20 bits per heavy atom. The maximum atomic E-state index is 12.2. The lowest BCUT2D eigenvalue weighted by atomic mass is 9.80. The first kappa shape index (κ1) is 23.0. The molecule has 0 saturated carbocycles. The fraction of sp³-hybridized carbons (Fsp3) is 0.333. The number of likely N-dealkylation sites (tertiary alicyclic amines) is 1. The molecule has 0 radical (unpaired) electrons. The zero-order chi connectivity index (χ0) is 20.2. The molecule has 0 spiro atoms. The Hall–Kier alpha value is -1.69. The molecule has 30 heavy (non-hydrogen) atoms. The van der Waals surface area contributed by atoms with Crippen molar-refractivity contribution in [2.75, 3.05) is 13.6 Å². The molecule has 3 aromatic carbocycles. The highest BCUT2D eigenvalue weighted by molar-refractivity contribution is 5.23. The summed E-state index contributed by atoms with van der Waals surface area (Å²) in [5, 5.41) is 12.2. The number of hydrogen-bond acceptors (Lipinski definition) is 1. The van der Waals surface area contributed by atoms with E-state index in [1.807, 2.05) is 12.1 Å². The molecule has 1 aliphatic heterocycles. The van der Waals surface area contributed by atoms with Gasteiger partial charge in [0.15, 0.2) is 0 Å². The second-order valence-corrected chi connectivity index (χ2v) is 8.93. The summed E-state index contributed by atoms with van der Waals surface area (Å²) >= 11 is 0. The van der Waals surface area contributed by atoms with Crippen molar-refractivity contribution in [3.05, 3.63) is 108 Å². The van der Waals surface area contributed by atoms with Gasteiger partial charge in [0, 0.05) is 31.2 Å². The lowest BCUT2D eigenvalue weighted by Crippen LogP contribution is -3.00. The molecule has 0 aromatic heterocycles. The van der Waals surface area contributed by atoms with Gasteiger partial charge in [-0.15, -0.1) is 0 Å². The van der Waals surface area contributed by atoms with Crippen molar-refractivity contribution >= 4 is 0 Å². The van der Waals surface area contributed by atoms with E-state index in [0.29, 0.717) is 12.8 Å². The third kappa shape index (κ3) is 5.32. The number of aliphatic hydroxyl groups is 1. The maximum Gasteiger partial charge on any atom is 0.124 e. The van der Waals surface area contributed by atoms with E-state index in [-0.39, 0.29) is 30.0 Å². The average Bonchev–Trinajstić information content (AvgIpc) is 3.12. The van der Waals surface area contributed by atoms with Gasteiger partial charge in [0.05, 0.1) is 13.6 Å². The molecule has 158 valence electrons. The average molecular weight is 513 g/mol. The Morgan fingerprint density at radius 1 is 0.767 bits per heavy atom. The van der Waals surface area contributed by atoms with Crippen molar-refractivity contribution in [3.8, 4) is 0 Å². The predicted molar refractivity (Wildman–Crippen MR) is 119 cm³/mol. The van der Waals surface area contributed by atoms with Crippen LogP contribution in [0.25, 0.3) is 0 Å². The van der Waals surface area contributed by atoms with E-state index < -0.39 is 5.60 Å². The second-order valence-electron chi connectivity index (χ2n) is 8.93. The predicted octanol–water partition coefficient (Wildman–Crippen LogP) is 2.02. The number of nitrogens with zero attached hydrogens (tertiary/aromatic N) is 1. The molecule has 3 heteroatoms. The molecular weight excluding hydrogens is 481 g/mol. The van der Waals surface area contributed by atoms with Crippen LogP contribution in [-0.4, -0.2) is 34.8 Å². The van der Waals surface area contributed by atoms with E-state index in [0.717, 1.165) is 24.0 Å². The van der Waals surface area contributed by atoms with E-state index in [4.69, 9.17) is 0 Å². The van der Waals surface area contributed by atoms with Crippen LogP contribution in [0.2, 0.25) is 0 Å². The number of likely N-dealkylation sites (N-methyl/N-ethyl adjacent to an activating group) is 1. The molecular formula is C27H32INO. The Bertz CT molecular complexity index is 858. The fourth-order valence-electron chi connectivity index (χ4n) is 5.35. The van der Waals surface area contributed by atoms with Crippen LogP contribution in [0, 0.1) is 0 Å². The van der Waals surface area contributed by atoms with Gasteiger partial charge in [0.2, 0.25) is 0 Å². The standard InChI is InChI=1S/C27H32NO.HI/c1-28(22-25-16-9-4-10-17-25)19-11-18-26(28)27(29,20-23-12-5-2-6-13-23)21-24-14-7-3-8-15-24;/h2-10,12-17,26,29H,11,18-22H2,1H3;1H/q+1;/p-1. The topological polar surface area (TPSA) is 20.2 Å². The Kier molecular flexibility index (Phi) is 7.72. The summed E-state index contributed by atoms with van der Waals surface area (Å²) in [6, 6.07) is 31.9. The second kappa shape index (κ2) is 10.1. The monoisotopic (exact) mass is 513 g/mol. The fourth-order valence-corrected chi connectivity index (χ4v) is 5.35. The molecule has 0 bridgehead atoms. The van der Waals surface area contributed by atoms with E-state index >= 15 is 0 Å². The summed E-state index contributed by atoms with van der Waals surface area (Å²) in [4.78, 5) is 0. The molecule has 1 N–H and O–H groups in total. The van der Waals surface area contributed by atoms with Gasteiger partial charge in [-0.05, 0) is 11.1 Å². The van der Waals surface area contributed by atoms with Gasteiger partial charge in [-0.2, -0.15) is 0 Å². The Labute approximate surface area is 198 Å². The summed E-state index contributed by atoms with van der Waals surface area (Å²) < 4.78 is 0.903. The van der Waals surface area contributed by atoms with Crippen LogP contribution in [0.4, 0.5) is 0 Å². The van der Waals surface area contributed by atoms with Crippen LogP contribution in [0.15, 0.2) is 91.0 Å². The number of hydrogen-bond donors (Lipinski definition) is 1. The van der Waals surface area contributed by atoms with Crippen LogP contribution in [0.1, 0.15) is 29.5 Å². The zero-order valence-electron chi connectivity index (χ0n) is 17.8. The smallest absolute Gasteiger partial charge is 0.124 e. The van der Waals surface area contributed by atoms with Crippen molar-refractivity contribution in [3.63, 3.8) is 0 Å². The highest BCUT2D eigenvalue weighted by Gasteiger charge is 2.51. The number of halogens is 1. The number of rotatable bonds is 7. The quantitative estimate of drug-likeness (QED) is 0.379.